The Morgan fingerprint density at radius 3 is 2.89 bits per heavy atom. The van der Waals surface area contributed by atoms with E-state index < -0.39 is 0 Å². The number of hydrogen-bond donors (Lipinski definition) is 0. The fourth-order valence-corrected chi connectivity index (χ4v) is 2.91. The summed E-state index contributed by atoms with van der Waals surface area (Å²) in [5.74, 6) is 0.257. The van der Waals surface area contributed by atoms with Crippen LogP contribution in [0.15, 0.2) is 29.6 Å². The Labute approximate surface area is 121 Å². The molecule has 2 rings (SSSR count). The Morgan fingerprint density at radius 2 is 2.26 bits per heavy atom. The highest BCUT2D eigenvalue weighted by Gasteiger charge is 2.07. The Morgan fingerprint density at radius 1 is 1.42 bits per heavy atom. The number of benzene rings is 1. The molecule has 0 amide bonds. The molecule has 0 aliphatic carbocycles. The van der Waals surface area contributed by atoms with E-state index in [1.165, 1.54) is 6.07 Å². The van der Waals surface area contributed by atoms with E-state index in [-0.39, 0.29) is 5.82 Å². The summed E-state index contributed by atoms with van der Waals surface area (Å²) in [5.41, 5.74) is 1.84. The molecule has 0 bridgehead atoms. The van der Waals surface area contributed by atoms with Crippen molar-refractivity contribution in [3.05, 3.63) is 46.2 Å². The highest BCUT2D eigenvalue weighted by atomic mass is 35.5. The van der Waals surface area contributed by atoms with Crippen LogP contribution in [0.5, 0.6) is 0 Å². The van der Waals surface area contributed by atoms with Crippen LogP contribution in [0.1, 0.15) is 17.6 Å². The second-order valence-electron chi connectivity index (χ2n) is 4.18. The van der Waals surface area contributed by atoms with E-state index >= 15 is 0 Å². The zero-order valence-electron chi connectivity index (χ0n) is 10.8. The Bertz CT molecular complexity index is 530. The average Bonchev–Trinajstić information content (AvgIpc) is 2.87. The molecule has 5 heteroatoms. The van der Waals surface area contributed by atoms with Gasteiger partial charge in [0.2, 0.25) is 0 Å². The van der Waals surface area contributed by atoms with E-state index in [0.29, 0.717) is 5.88 Å². The number of rotatable bonds is 6. The van der Waals surface area contributed by atoms with E-state index in [0.717, 1.165) is 35.9 Å². The van der Waals surface area contributed by atoms with Crippen LogP contribution in [0, 0.1) is 5.82 Å². The number of likely N-dealkylation sites (N-methyl/N-ethyl adjacent to an activating group) is 1. The highest BCUT2D eigenvalue weighted by molar-refractivity contribution is 7.09. The first-order chi connectivity index (χ1) is 9.22. The van der Waals surface area contributed by atoms with Crippen molar-refractivity contribution in [3.8, 4) is 0 Å². The Balaban J connectivity index is 1.99. The van der Waals surface area contributed by atoms with Crippen molar-refractivity contribution in [3.63, 3.8) is 0 Å². The third-order valence-electron chi connectivity index (χ3n) is 2.89. The molecular formula is C14H16ClFN2S. The standard InChI is InChI=1S/C14H16ClFN2S/c1-2-18(13-5-3-4-11(16)8-13)7-6-14-17-12(9-15)10-19-14/h3-5,8,10H,2,6-7,9H2,1H3. The predicted octanol–water partition coefficient (Wildman–Crippen LogP) is 4.09. The molecule has 0 aliphatic rings. The van der Waals surface area contributed by atoms with E-state index in [4.69, 9.17) is 11.6 Å². The molecule has 0 radical (unpaired) electrons. The van der Waals surface area contributed by atoms with Crippen molar-refractivity contribution < 1.29 is 4.39 Å². The van der Waals surface area contributed by atoms with Crippen LogP contribution in [0.2, 0.25) is 0 Å². The smallest absolute Gasteiger partial charge is 0.125 e. The topological polar surface area (TPSA) is 16.1 Å². The number of thiazole rings is 1. The van der Waals surface area contributed by atoms with Gasteiger partial charge < -0.3 is 4.90 Å². The molecule has 19 heavy (non-hydrogen) atoms. The number of hydrogen-bond acceptors (Lipinski definition) is 3. The fourth-order valence-electron chi connectivity index (χ4n) is 1.90. The second-order valence-corrected chi connectivity index (χ2v) is 5.39. The van der Waals surface area contributed by atoms with Gasteiger partial charge in [0.15, 0.2) is 0 Å². The van der Waals surface area contributed by atoms with Crippen LogP contribution in [-0.4, -0.2) is 18.1 Å². The van der Waals surface area contributed by atoms with Gasteiger partial charge in [0, 0.05) is 30.6 Å². The van der Waals surface area contributed by atoms with E-state index in [1.54, 1.807) is 23.5 Å². The molecule has 1 aromatic carbocycles. The van der Waals surface area contributed by atoms with Crippen LogP contribution >= 0.6 is 22.9 Å². The summed E-state index contributed by atoms with van der Waals surface area (Å²) in [7, 11) is 0. The van der Waals surface area contributed by atoms with Crippen molar-refractivity contribution in [1.82, 2.24) is 4.98 Å². The summed E-state index contributed by atoms with van der Waals surface area (Å²) in [6.45, 7) is 3.74. The molecule has 0 saturated heterocycles. The van der Waals surface area contributed by atoms with Gasteiger partial charge >= 0.3 is 0 Å². The zero-order valence-corrected chi connectivity index (χ0v) is 12.3. The second kappa shape index (κ2) is 6.87. The van der Waals surface area contributed by atoms with Crippen molar-refractivity contribution >= 4 is 28.6 Å². The largest absolute Gasteiger partial charge is 0.371 e. The first kappa shape index (κ1) is 14.3. The summed E-state index contributed by atoms with van der Waals surface area (Å²) in [5, 5.41) is 3.06. The lowest BCUT2D eigenvalue weighted by Crippen LogP contribution is -2.25. The number of anilines is 1. The van der Waals surface area contributed by atoms with Gasteiger partial charge in [0.05, 0.1) is 16.6 Å². The molecule has 0 N–H and O–H groups in total. The van der Waals surface area contributed by atoms with Gasteiger partial charge in [-0.15, -0.1) is 22.9 Å². The van der Waals surface area contributed by atoms with Gasteiger partial charge in [0.25, 0.3) is 0 Å². The van der Waals surface area contributed by atoms with Crippen molar-refractivity contribution in [2.75, 3.05) is 18.0 Å². The van der Waals surface area contributed by atoms with E-state index in [9.17, 15) is 4.39 Å². The summed E-state index contributed by atoms with van der Waals surface area (Å²) in [6.07, 6.45) is 0.853. The van der Waals surface area contributed by atoms with E-state index in [1.807, 2.05) is 11.4 Å². The maximum Gasteiger partial charge on any atom is 0.125 e. The maximum atomic E-state index is 13.2. The van der Waals surface area contributed by atoms with Crippen LogP contribution in [-0.2, 0) is 12.3 Å². The van der Waals surface area contributed by atoms with Crippen molar-refractivity contribution in [1.29, 1.82) is 0 Å². The van der Waals surface area contributed by atoms with Gasteiger partial charge in [-0.2, -0.15) is 0 Å². The summed E-state index contributed by atoms with van der Waals surface area (Å²) < 4.78 is 13.2. The van der Waals surface area contributed by atoms with Gasteiger partial charge in [-0.25, -0.2) is 9.37 Å². The third kappa shape index (κ3) is 3.91. The molecule has 0 saturated carbocycles. The Kier molecular flexibility index (Phi) is 5.16. The zero-order chi connectivity index (χ0) is 13.7. The first-order valence-corrected chi connectivity index (χ1v) is 7.64. The molecule has 0 aliphatic heterocycles. The molecule has 102 valence electrons. The Hall–Kier alpha value is -1.13. The molecule has 0 spiro atoms. The molecule has 2 nitrogen and oxygen atoms in total. The van der Waals surface area contributed by atoms with Crippen LogP contribution in [0.3, 0.4) is 0 Å². The quantitative estimate of drug-likeness (QED) is 0.747. The first-order valence-electron chi connectivity index (χ1n) is 6.22. The maximum absolute atomic E-state index is 13.2. The molecule has 2 aromatic rings. The van der Waals surface area contributed by atoms with Gasteiger partial charge in [0.1, 0.15) is 5.82 Å². The molecule has 1 aromatic heterocycles. The minimum Gasteiger partial charge on any atom is -0.371 e. The fraction of sp³-hybridized carbons (Fsp3) is 0.357. The average molecular weight is 299 g/mol. The van der Waals surface area contributed by atoms with Gasteiger partial charge in [-0.3, -0.25) is 0 Å². The normalized spacial score (nSPS) is 10.7. The third-order valence-corrected chi connectivity index (χ3v) is 4.12. The highest BCUT2D eigenvalue weighted by Crippen LogP contribution is 2.17. The lowest BCUT2D eigenvalue weighted by atomic mass is 10.2. The SMILES string of the molecule is CCN(CCc1nc(CCl)cs1)c1cccc(F)c1. The van der Waals surface area contributed by atoms with Crippen LogP contribution in [0.4, 0.5) is 10.1 Å². The molecular weight excluding hydrogens is 283 g/mol. The molecule has 0 fully saturated rings. The minimum atomic E-state index is -0.199. The number of nitrogens with zero attached hydrogens (tertiary/aromatic N) is 2. The van der Waals surface area contributed by atoms with Crippen molar-refractivity contribution in [2.45, 2.75) is 19.2 Å². The lowest BCUT2D eigenvalue weighted by Gasteiger charge is -2.22. The summed E-state index contributed by atoms with van der Waals surface area (Å²) in [6, 6.07) is 6.70. The molecule has 0 atom stereocenters. The molecule has 0 unspecified atom stereocenters. The summed E-state index contributed by atoms with van der Waals surface area (Å²) in [4.78, 5) is 6.58. The lowest BCUT2D eigenvalue weighted by molar-refractivity contribution is 0.626. The van der Waals surface area contributed by atoms with Crippen LogP contribution in [0.25, 0.3) is 0 Å². The minimum absolute atomic E-state index is 0.199. The van der Waals surface area contributed by atoms with Crippen LogP contribution < -0.4 is 4.90 Å². The van der Waals surface area contributed by atoms with Gasteiger partial charge in [-0.1, -0.05) is 6.07 Å². The van der Waals surface area contributed by atoms with Crippen molar-refractivity contribution in [2.24, 2.45) is 0 Å². The number of aromatic nitrogens is 1. The summed E-state index contributed by atoms with van der Waals surface area (Å²) >= 11 is 7.36. The van der Waals surface area contributed by atoms with Gasteiger partial charge in [-0.05, 0) is 25.1 Å². The predicted molar refractivity (Wildman–Crippen MR) is 79.7 cm³/mol. The monoisotopic (exact) mass is 298 g/mol. The number of halogens is 2. The molecule has 1 heterocycles. The number of alkyl halides is 1. The van der Waals surface area contributed by atoms with E-state index in [2.05, 4.69) is 16.8 Å².